The molecule has 3 aliphatic heterocycles. The first-order valence-corrected chi connectivity index (χ1v) is 14.3. The Hall–Kier alpha value is -3.28. The summed E-state index contributed by atoms with van der Waals surface area (Å²) in [5, 5.41) is 0. The molecule has 1 aromatic carbocycles. The molecule has 0 bridgehead atoms. The predicted molar refractivity (Wildman–Crippen MR) is 156 cm³/mol. The summed E-state index contributed by atoms with van der Waals surface area (Å²) in [5.41, 5.74) is 2.56. The molecule has 3 saturated heterocycles. The molecule has 2 aromatic heterocycles. The molecule has 8 nitrogen and oxygen atoms in total. The predicted octanol–water partition coefficient (Wildman–Crippen LogP) is 3.85. The molecular formula is C28H28FN5O3S2. The number of carbonyl (C=O) groups excluding carboxylic acids is 1. The monoisotopic (exact) mass is 565 g/mol. The van der Waals surface area contributed by atoms with Gasteiger partial charge in [0.25, 0.3) is 11.5 Å². The molecule has 3 fully saturated rings. The molecular weight excluding hydrogens is 537 g/mol. The van der Waals surface area contributed by atoms with Crippen LogP contribution in [0, 0.1) is 12.7 Å². The van der Waals surface area contributed by atoms with Crippen molar-refractivity contribution in [3.8, 4) is 0 Å². The third-order valence-corrected chi connectivity index (χ3v) is 8.77. The van der Waals surface area contributed by atoms with Crippen LogP contribution < -0.4 is 15.4 Å². The molecule has 0 unspecified atom stereocenters. The molecule has 1 amide bonds. The maximum atomic E-state index is 13.8. The van der Waals surface area contributed by atoms with E-state index in [1.54, 1.807) is 29.3 Å². The summed E-state index contributed by atoms with van der Waals surface area (Å²) in [7, 11) is 0. The number of piperazine rings is 1. The quantitative estimate of drug-likeness (QED) is 0.342. The first-order chi connectivity index (χ1) is 18.9. The van der Waals surface area contributed by atoms with Crippen molar-refractivity contribution in [2.24, 2.45) is 0 Å². The van der Waals surface area contributed by atoms with Crippen molar-refractivity contribution in [1.82, 2.24) is 14.3 Å². The van der Waals surface area contributed by atoms with Crippen LogP contribution in [0.2, 0.25) is 0 Å². The largest absolute Gasteiger partial charge is 0.376 e. The summed E-state index contributed by atoms with van der Waals surface area (Å²) >= 11 is 6.74. The molecule has 3 aliphatic rings. The molecule has 0 aliphatic carbocycles. The normalized spacial score (nSPS) is 21.1. The number of rotatable bonds is 5. The van der Waals surface area contributed by atoms with Crippen LogP contribution in [0.25, 0.3) is 11.7 Å². The van der Waals surface area contributed by atoms with Crippen molar-refractivity contribution in [3.63, 3.8) is 0 Å². The zero-order chi connectivity index (χ0) is 27.1. The molecule has 3 aromatic rings. The number of amides is 1. The summed E-state index contributed by atoms with van der Waals surface area (Å²) < 4.78 is 21.1. The molecule has 1 atom stereocenters. The topological polar surface area (TPSA) is 70.4 Å². The second-order valence-corrected chi connectivity index (χ2v) is 11.6. The molecule has 6 rings (SSSR count). The van der Waals surface area contributed by atoms with Gasteiger partial charge in [-0.3, -0.25) is 18.9 Å². The number of ether oxygens (including phenoxy) is 1. The van der Waals surface area contributed by atoms with Gasteiger partial charge in [-0.1, -0.05) is 30.0 Å². The number of halogens is 1. The lowest BCUT2D eigenvalue weighted by Crippen LogP contribution is -2.47. The van der Waals surface area contributed by atoms with E-state index in [1.807, 2.05) is 19.1 Å². The van der Waals surface area contributed by atoms with Gasteiger partial charge in [-0.15, -0.1) is 0 Å². The molecule has 0 radical (unpaired) electrons. The summed E-state index contributed by atoms with van der Waals surface area (Å²) in [6, 6.07) is 10.2. The Morgan fingerprint density at radius 1 is 1.13 bits per heavy atom. The van der Waals surface area contributed by atoms with Gasteiger partial charge >= 0.3 is 0 Å². The van der Waals surface area contributed by atoms with Crippen LogP contribution in [-0.4, -0.2) is 69.9 Å². The Morgan fingerprint density at radius 3 is 2.59 bits per heavy atom. The number of fused-ring (bicyclic) bond motifs is 1. The van der Waals surface area contributed by atoms with Gasteiger partial charge in [-0.05, 0) is 61.7 Å². The second kappa shape index (κ2) is 10.7. The average molecular weight is 566 g/mol. The van der Waals surface area contributed by atoms with Crippen molar-refractivity contribution in [1.29, 1.82) is 0 Å². The first kappa shape index (κ1) is 26.0. The van der Waals surface area contributed by atoms with Gasteiger partial charge in [0.05, 0.1) is 23.1 Å². The lowest BCUT2D eigenvalue weighted by atomic mass is 10.2. The minimum absolute atomic E-state index is 0.0178. The molecule has 11 heteroatoms. The van der Waals surface area contributed by atoms with Crippen molar-refractivity contribution in [2.75, 3.05) is 49.1 Å². The van der Waals surface area contributed by atoms with Crippen LogP contribution in [0.1, 0.15) is 24.0 Å². The third kappa shape index (κ3) is 5.06. The molecule has 5 heterocycles. The molecule has 0 N–H and O–H groups in total. The number of pyridine rings is 1. The highest BCUT2D eigenvalue weighted by atomic mass is 32.2. The van der Waals surface area contributed by atoms with Gasteiger partial charge in [0.15, 0.2) is 0 Å². The zero-order valence-electron chi connectivity index (χ0n) is 21.5. The van der Waals surface area contributed by atoms with Crippen molar-refractivity contribution < 1.29 is 13.9 Å². The van der Waals surface area contributed by atoms with Crippen LogP contribution in [0.3, 0.4) is 0 Å². The number of hydrogen-bond donors (Lipinski definition) is 0. The SMILES string of the molecule is Cc1cccn2c(=O)c(/C=C3\SC(=S)N(C[C@@H]4CCCO4)C3=O)c(N3CCN(c4ccc(F)cc4)CC3)nc12. The van der Waals surface area contributed by atoms with Crippen LogP contribution in [0.4, 0.5) is 15.9 Å². The summed E-state index contributed by atoms with van der Waals surface area (Å²) in [6.45, 7) is 5.65. The van der Waals surface area contributed by atoms with Gasteiger partial charge in [-0.25, -0.2) is 9.37 Å². The van der Waals surface area contributed by atoms with E-state index in [2.05, 4.69) is 9.80 Å². The van der Waals surface area contributed by atoms with Gasteiger partial charge < -0.3 is 14.5 Å². The Balaban J connectivity index is 1.34. The minimum atomic E-state index is -0.264. The van der Waals surface area contributed by atoms with Gasteiger partial charge in [0.2, 0.25) is 0 Å². The van der Waals surface area contributed by atoms with E-state index in [0.29, 0.717) is 65.6 Å². The number of anilines is 2. The zero-order valence-corrected chi connectivity index (χ0v) is 23.1. The maximum Gasteiger partial charge on any atom is 0.267 e. The number of carbonyl (C=O) groups is 1. The number of aromatic nitrogens is 2. The van der Waals surface area contributed by atoms with Crippen molar-refractivity contribution in [2.45, 2.75) is 25.9 Å². The first-order valence-electron chi connectivity index (χ1n) is 13.0. The fourth-order valence-corrected chi connectivity index (χ4v) is 6.53. The molecule has 0 spiro atoms. The van der Waals surface area contributed by atoms with Gasteiger partial charge in [-0.2, -0.15) is 0 Å². The maximum absolute atomic E-state index is 13.8. The number of aryl methyl sites for hydroxylation is 1. The second-order valence-electron chi connectivity index (χ2n) is 9.92. The lowest BCUT2D eigenvalue weighted by Gasteiger charge is -2.37. The number of thiocarbonyl (C=S) groups is 1. The van der Waals surface area contributed by atoms with E-state index >= 15 is 0 Å². The number of benzene rings is 1. The van der Waals surface area contributed by atoms with E-state index in [0.717, 1.165) is 24.1 Å². The smallest absolute Gasteiger partial charge is 0.267 e. The highest BCUT2D eigenvalue weighted by Crippen LogP contribution is 2.34. The fourth-order valence-electron chi connectivity index (χ4n) is 5.28. The van der Waals surface area contributed by atoms with Crippen molar-refractivity contribution in [3.05, 3.63) is 74.8 Å². The Bertz CT molecular complexity index is 1530. The number of thioether (sulfide) groups is 1. The van der Waals surface area contributed by atoms with E-state index in [9.17, 15) is 14.0 Å². The number of nitrogens with zero attached hydrogens (tertiary/aromatic N) is 5. The van der Waals surface area contributed by atoms with Gasteiger partial charge in [0.1, 0.15) is 21.6 Å². The molecule has 202 valence electrons. The average Bonchev–Trinajstić information content (AvgIpc) is 3.55. The lowest BCUT2D eigenvalue weighted by molar-refractivity contribution is -0.123. The Morgan fingerprint density at radius 2 is 1.87 bits per heavy atom. The van der Waals surface area contributed by atoms with Crippen LogP contribution in [0.15, 0.2) is 52.3 Å². The highest BCUT2D eigenvalue weighted by molar-refractivity contribution is 8.26. The number of hydrogen-bond acceptors (Lipinski definition) is 8. The molecule has 0 saturated carbocycles. The Kier molecular flexibility index (Phi) is 7.13. The summed E-state index contributed by atoms with van der Waals surface area (Å²) in [6.07, 6.45) is 5.22. The van der Waals surface area contributed by atoms with Gasteiger partial charge in [0, 0.05) is 44.7 Å². The van der Waals surface area contributed by atoms with Crippen LogP contribution in [0.5, 0.6) is 0 Å². The van der Waals surface area contributed by atoms with Crippen LogP contribution in [-0.2, 0) is 9.53 Å². The molecule has 39 heavy (non-hydrogen) atoms. The van der Waals surface area contributed by atoms with E-state index in [1.165, 1.54) is 28.3 Å². The summed E-state index contributed by atoms with van der Waals surface area (Å²) in [5.74, 6) is 0.0817. The van der Waals surface area contributed by atoms with E-state index < -0.39 is 0 Å². The van der Waals surface area contributed by atoms with E-state index in [4.69, 9.17) is 21.9 Å². The van der Waals surface area contributed by atoms with Crippen LogP contribution >= 0.6 is 24.0 Å². The minimum Gasteiger partial charge on any atom is -0.376 e. The van der Waals surface area contributed by atoms with Crippen molar-refractivity contribution >= 4 is 57.4 Å². The summed E-state index contributed by atoms with van der Waals surface area (Å²) in [4.78, 5) is 38.4. The highest BCUT2D eigenvalue weighted by Gasteiger charge is 2.35. The Labute approximate surface area is 235 Å². The fraction of sp³-hybridized carbons (Fsp3) is 0.357. The third-order valence-electron chi connectivity index (χ3n) is 7.39. The van der Waals surface area contributed by atoms with E-state index in [-0.39, 0.29) is 23.4 Å². The standard InChI is InChI=1S/C28H28FN5O3S2/c1-18-4-2-10-33-24(18)30-25(32-13-11-31(12-14-32)20-8-6-19(29)7-9-20)22(26(33)35)16-23-27(36)34(28(38)39-23)17-21-5-3-15-37-21/h2,4,6-10,16,21H,3,5,11-15,17H2,1H3/b23-16-/t21-/m0/s1.